The summed E-state index contributed by atoms with van der Waals surface area (Å²) in [5.41, 5.74) is 13.3. The molecule has 4 rings (SSSR count). The molecule has 32 heavy (non-hydrogen) atoms. The molecular weight excluding hydrogens is 420 g/mol. The Morgan fingerprint density at radius 1 is 1.12 bits per heavy atom. The third-order valence-electron chi connectivity index (χ3n) is 6.93. The van der Waals surface area contributed by atoms with Gasteiger partial charge in [-0.25, -0.2) is 4.98 Å². The molecule has 5 N–H and O–H groups in total. The van der Waals surface area contributed by atoms with Gasteiger partial charge in [-0.15, -0.1) is 11.3 Å². The first-order valence-corrected chi connectivity index (χ1v) is 12.7. The van der Waals surface area contributed by atoms with E-state index < -0.39 is 0 Å². The Bertz CT molecular complexity index is 896. The van der Waals surface area contributed by atoms with Gasteiger partial charge in [-0.05, 0) is 54.7 Å². The fourth-order valence-electron chi connectivity index (χ4n) is 5.32. The van der Waals surface area contributed by atoms with Crippen molar-refractivity contribution < 1.29 is 9.59 Å². The molecule has 1 heterocycles. The topological polar surface area (TPSA) is 111 Å². The lowest BCUT2D eigenvalue weighted by Gasteiger charge is -2.30. The number of nitrogens with zero attached hydrogens (tertiary/aromatic N) is 1. The minimum absolute atomic E-state index is 0.245. The van der Waals surface area contributed by atoms with Crippen molar-refractivity contribution in [2.45, 2.75) is 71.1 Å². The number of benzene rings is 1. The Morgan fingerprint density at radius 3 is 2.44 bits per heavy atom. The lowest BCUT2D eigenvalue weighted by molar-refractivity contribution is -0.118. The van der Waals surface area contributed by atoms with Crippen LogP contribution in [0, 0.1) is 17.8 Å². The molecule has 0 aliphatic heterocycles. The number of aromatic nitrogens is 1. The number of carbonyl (C=O) groups excluding carboxylic acids is 2. The summed E-state index contributed by atoms with van der Waals surface area (Å²) in [6.07, 6.45) is 8.39. The molecule has 3 unspecified atom stereocenters. The van der Waals surface area contributed by atoms with Crippen LogP contribution >= 0.6 is 11.3 Å². The van der Waals surface area contributed by atoms with Gasteiger partial charge in [0, 0.05) is 29.8 Å². The number of amides is 2. The smallest absolute Gasteiger partial charge is 0.217 e. The van der Waals surface area contributed by atoms with Crippen LogP contribution in [0.2, 0.25) is 0 Å². The number of nitrogens with one attached hydrogen (secondary N) is 1. The summed E-state index contributed by atoms with van der Waals surface area (Å²) in [5, 5.41) is 6.68. The molecule has 174 valence electrons. The Morgan fingerprint density at radius 2 is 1.84 bits per heavy atom. The van der Waals surface area contributed by atoms with Gasteiger partial charge in [0.25, 0.3) is 0 Å². The number of hydrogen-bond acceptors (Lipinski definition) is 5. The normalized spacial score (nSPS) is 23.8. The van der Waals surface area contributed by atoms with Gasteiger partial charge in [0.1, 0.15) is 0 Å². The summed E-state index contributed by atoms with van der Waals surface area (Å²) in [6.45, 7) is 4.09. The van der Waals surface area contributed by atoms with E-state index >= 15 is 0 Å². The Hall–Kier alpha value is -2.41. The fraction of sp³-hybridized carbons (Fsp3) is 0.560. The zero-order valence-electron chi connectivity index (χ0n) is 19.2. The fourth-order valence-corrected chi connectivity index (χ4v) is 6.12. The molecule has 1 aromatic heterocycles. The van der Waals surface area contributed by atoms with Crippen molar-refractivity contribution >= 4 is 34.0 Å². The van der Waals surface area contributed by atoms with E-state index in [2.05, 4.69) is 23.4 Å². The second kappa shape index (κ2) is 11.5. The lowest BCUT2D eigenvalue weighted by Crippen LogP contribution is -2.21. The minimum Gasteiger partial charge on any atom is -0.370 e. The molecule has 4 atom stereocenters. The van der Waals surface area contributed by atoms with Gasteiger partial charge in [-0.1, -0.05) is 45.2 Å². The van der Waals surface area contributed by atoms with Crippen molar-refractivity contribution in [2.75, 3.05) is 5.32 Å². The second-order valence-corrected chi connectivity index (χ2v) is 9.81. The number of primary amides is 2. The first-order chi connectivity index (χ1) is 15.4. The van der Waals surface area contributed by atoms with Crippen LogP contribution in [0.15, 0.2) is 29.6 Å². The van der Waals surface area contributed by atoms with Crippen molar-refractivity contribution in [1.29, 1.82) is 0 Å². The third-order valence-corrected chi connectivity index (χ3v) is 7.70. The summed E-state index contributed by atoms with van der Waals surface area (Å²) in [7, 11) is 0. The number of hydrogen-bond donors (Lipinski definition) is 3. The van der Waals surface area contributed by atoms with Crippen LogP contribution in [-0.2, 0) is 16.0 Å². The van der Waals surface area contributed by atoms with Crippen molar-refractivity contribution in [3.63, 3.8) is 0 Å². The van der Waals surface area contributed by atoms with E-state index in [1.165, 1.54) is 37.8 Å². The van der Waals surface area contributed by atoms with Gasteiger partial charge >= 0.3 is 0 Å². The molecule has 2 saturated carbocycles. The summed E-state index contributed by atoms with van der Waals surface area (Å²) < 4.78 is 0. The molecule has 2 bridgehead atoms. The molecule has 2 fully saturated rings. The summed E-state index contributed by atoms with van der Waals surface area (Å²) in [6, 6.07) is 8.19. The van der Waals surface area contributed by atoms with Gasteiger partial charge in [-0.3, -0.25) is 9.59 Å². The number of fused-ring (bicyclic) bond motifs is 2. The van der Waals surface area contributed by atoms with Gasteiger partial charge in [-0.2, -0.15) is 0 Å². The van der Waals surface area contributed by atoms with Crippen LogP contribution in [0.3, 0.4) is 0 Å². The zero-order chi connectivity index (χ0) is 23.1. The Kier molecular flexibility index (Phi) is 8.67. The van der Waals surface area contributed by atoms with Crippen LogP contribution < -0.4 is 16.8 Å². The summed E-state index contributed by atoms with van der Waals surface area (Å²) in [5.74, 6) is 2.83. The number of nitrogens with two attached hydrogens (primary N) is 2. The van der Waals surface area contributed by atoms with Crippen LogP contribution in [0.1, 0.15) is 76.0 Å². The van der Waals surface area contributed by atoms with E-state index in [4.69, 9.17) is 10.7 Å². The van der Waals surface area contributed by atoms with Crippen LogP contribution in [0.4, 0.5) is 10.8 Å². The highest BCUT2D eigenvalue weighted by molar-refractivity contribution is 7.13. The number of aryl methyl sites for hydroxylation is 1. The maximum absolute atomic E-state index is 10.9. The predicted molar refractivity (Wildman–Crippen MR) is 131 cm³/mol. The molecule has 2 amide bonds. The van der Waals surface area contributed by atoms with Gasteiger partial charge in [0.2, 0.25) is 11.8 Å². The molecule has 6 nitrogen and oxygen atoms in total. The molecule has 2 aliphatic carbocycles. The lowest BCUT2D eigenvalue weighted by atomic mass is 9.75. The average Bonchev–Trinajstić information content (AvgIpc) is 3.32. The van der Waals surface area contributed by atoms with E-state index in [1.807, 2.05) is 24.3 Å². The second-order valence-electron chi connectivity index (χ2n) is 8.95. The molecule has 0 saturated heterocycles. The molecule has 2 aromatic rings. The average molecular weight is 457 g/mol. The molecule has 1 aromatic carbocycles. The predicted octanol–water partition coefficient (Wildman–Crippen LogP) is 5.12. The Balaban J connectivity index is 0.000000523. The number of anilines is 2. The van der Waals surface area contributed by atoms with Gasteiger partial charge < -0.3 is 16.8 Å². The van der Waals surface area contributed by atoms with Gasteiger partial charge in [0.05, 0.1) is 5.69 Å². The maximum Gasteiger partial charge on any atom is 0.217 e. The van der Waals surface area contributed by atoms with E-state index in [9.17, 15) is 9.59 Å². The summed E-state index contributed by atoms with van der Waals surface area (Å²) in [4.78, 5) is 25.4. The van der Waals surface area contributed by atoms with Gasteiger partial charge in [0.15, 0.2) is 5.13 Å². The number of thiazole rings is 1. The highest BCUT2D eigenvalue weighted by atomic mass is 32.1. The van der Waals surface area contributed by atoms with Crippen molar-refractivity contribution in [2.24, 2.45) is 29.2 Å². The van der Waals surface area contributed by atoms with Crippen molar-refractivity contribution in [3.8, 4) is 0 Å². The van der Waals surface area contributed by atoms with E-state index in [-0.39, 0.29) is 11.8 Å². The first kappa shape index (κ1) is 24.2. The molecular formula is C25H36N4O2S. The van der Waals surface area contributed by atoms with Crippen LogP contribution in [-0.4, -0.2) is 16.8 Å². The van der Waals surface area contributed by atoms with E-state index in [0.717, 1.165) is 34.1 Å². The molecule has 0 radical (unpaired) electrons. The standard InChI is InChI=1S/C22H29N3OS.C3H7NO/c1-2-17-15-4-3-5-18(17)19(12-15)20-13-27-22(25-20)24-16-9-6-14(7-10-16)8-11-21(23)26;1-2-3(4)5/h6-7,9-10,13,15,17-19H,2-5,8,11-12H2,1H3,(H2,23,26)(H,24,25);2H2,1H3,(H2,4,5)/t15?,17?,18?,19-;/m0./s1. The molecule has 0 spiro atoms. The maximum atomic E-state index is 10.9. The van der Waals surface area contributed by atoms with E-state index in [0.29, 0.717) is 25.2 Å². The van der Waals surface area contributed by atoms with E-state index in [1.54, 1.807) is 18.3 Å². The van der Waals surface area contributed by atoms with Crippen molar-refractivity contribution in [1.82, 2.24) is 4.98 Å². The largest absolute Gasteiger partial charge is 0.370 e. The summed E-state index contributed by atoms with van der Waals surface area (Å²) >= 11 is 1.71. The zero-order valence-corrected chi connectivity index (χ0v) is 20.0. The van der Waals surface area contributed by atoms with Crippen LogP contribution in [0.25, 0.3) is 0 Å². The SMILES string of the molecule is CCC(N)=O.CCC1C2CCCC1[C@@H](c1csc(Nc3ccc(CCC(N)=O)cc3)n1)C2. The monoisotopic (exact) mass is 456 g/mol. The molecule has 7 heteroatoms. The third kappa shape index (κ3) is 6.31. The molecule has 2 aliphatic rings. The highest BCUT2D eigenvalue weighted by Crippen LogP contribution is 2.55. The Labute approximate surface area is 195 Å². The highest BCUT2D eigenvalue weighted by Gasteiger charge is 2.45. The number of rotatable bonds is 8. The first-order valence-electron chi connectivity index (χ1n) is 11.8. The number of carbonyl (C=O) groups is 2. The van der Waals surface area contributed by atoms with Crippen LogP contribution in [0.5, 0.6) is 0 Å². The quantitative estimate of drug-likeness (QED) is 0.512. The van der Waals surface area contributed by atoms with Crippen molar-refractivity contribution in [3.05, 3.63) is 40.9 Å². The minimum atomic E-state index is -0.255.